The largest absolute Gasteiger partial charge is 0.497 e. The first-order valence-electron chi connectivity index (χ1n) is 9.71. The van der Waals surface area contributed by atoms with Gasteiger partial charge in [-0.25, -0.2) is 9.78 Å². The van der Waals surface area contributed by atoms with Gasteiger partial charge in [0.05, 0.1) is 25.0 Å². The van der Waals surface area contributed by atoms with Crippen LogP contribution in [0, 0.1) is 6.92 Å². The summed E-state index contributed by atoms with van der Waals surface area (Å²) in [4.78, 5) is 30.5. The Morgan fingerprint density at radius 2 is 1.81 bits per heavy atom. The molecule has 0 fully saturated rings. The lowest BCUT2D eigenvalue weighted by Gasteiger charge is -2.06. The molecular formula is C23H21N3O4S. The van der Waals surface area contributed by atoms with Crippen LogP contribution in [0.3, 0.4) is 0 Å². The van der Waals surface area contributed by atoms with Gasteiger partial charge in [-0.05, 0) is 62.4 Å². The molecule has 0 atom stereocenters. The lowest BCUT2D eigenvalue weighted by molar-refractivity contribution is 0.0526. The third kappa shape index (κ3) is 4.15. The summed E-state index contributed by atoms with van der Waals surface area (Å²) in [6, 6.07) is 14.3. The molecule has 2 aromatic heterocycles. The number of imidazole rings is 1. The van der Waals surface area contributed by atoms with Gasteiger partial charge in [0.2, 0.25) is 0 Å². The predicted molar refractivity (Wildman–Crippen MR) is 120 cm³/mol. The van der Waals surface area contributed by atoms with Gasteiger partial charge in [0.1, 0.15) is 10.6 Å². The minimum Gasteiger partial charge on any atom is -0.497 e. The Labute approximate surface area is 183 Å². The summed E-state index contributed by atoms with van der Waals surface area (Å²) in [5.74, 6) is 0.182. The van der Waals surface area contributed by atoms with Crippen LogP contribution in [0.25, 0.3) is 16.2 Å². The van der Waals surface area contributed by atoms with E-state index in [0.29, 0.717) is 22.7 Å². The van der Waals surface area contributed by atoms with Crippen molar-refractivity contribution in [2.75, 3.05) is 19.0 Å². The number of nitrogens with one attached hydrogen (secondary N) is 1. The number of fused-ring (bicyclic) bond motifs is 1. The molecule has 0 aliphatic carbocycles. The molecule has 4 aromatic rings. The van der Waals surface area contributed by atoms with Crippen molar-refractivity contribution in [1.82, 2.24) is 9.38 Å². The number of nitrogens with zero attached hydrogens (tertiary/aromatic N) is 2. The standard InChI is InChI=1S/C23H21N3O4S/c1-4-30-22(28)16-5-9-17(10-6-16)24-21(27)20-14(2)26-13-19(25-23(26)31-20)15-7-11-18(29-3)12-8-15/h5-13H,4H2,1-3H3,(H,24,27). The minimum atomic E-state index is -0.386. The molecule has 158 valence electrons. The molecule has 0 saturated carbocycles. The van der Waals surface area contributed by atoms with Crippen LogP contribution in [0.4, 0.5) is 5.69 Å². The Morgan fingerprint density at radius 3 is 2.42 bits per heavy atom. The van der Waals surface area contributed by atoms with Crippen molar-refractivity contribution in [2.24, 2.45) is 0 Å². The zero-order chi connectivity index (χ0) is 22.0. The number of ether oxygens (including phenoxy) is 2. The predicted octanol–water partition coefficient (Wildman–Crippen LogP) is 4.81. The van der Waals surface area contributed by atoms with Crippen LogP contribution < -0.4 is 10.1 Å². The molecule has 7 nitrogen and oxygen atoms in total. The lowest BCUT2D eigenvalue weighted by atomic mass is 10.2. The van der Waals surface area contributed by atoms with Crippen LogP contribution >= 0.6 is 11.3 Å². The molecule has 1 N–H and O–H groups in total. The molecule has 0 radical (unpaired) electrons. The van der Waals surface area contributed by atoms with Crippen molar-refractivity contribution >= 4 is 33.9 Å². The maximum absolute atomic E-state index is 12.8. The zero-order valence-electron chi connectivity index (χ0n) is 17.3. The van der Waals surface area contributed by atoms with Crippen LogP contribution in [0.15, 0.2) is 54.7 Å². The number of anilines is 1. The highest BCUT2D eigenvalue weighted by atomic mass is 32.1. The van der Waals surface area contributed by atoms with Crippen LogP contribution in [-0.4, -0.2) is 35.0 Å². The molecule has 2 aromatic carbocycles. The Balaban J connectivity index is 1.52. The van der Waals surface area contributed by atoms with E-state index in [1.807, 2.05) is 41.8 Å². The smallest absolute Gasteiger partial charge is 0.338 e. The topological polar surface area (TPSA) is 81.9 Å². The first-order chi connectivity index (χ1) is 15.0. The van der Waals surface area contributed by atoms with Crippen molar-refractivity contribution in [1.29, 1.82) is 0 Å². The van der Waals surface area contributed by atoms with E-state index in [2.05, 4.69) is 10.3 Å². The third-order valence-electron chi connectivity index (χ3n) is 4.80. The number of hydrogen-bond donors (Lipinski definition) is 1. The van der Waals surface area contributed by atoms with E-state index in [4.69, 9.17) is 9.47 Å². The Bertz CT molecular complexity index is 1240. The fraction of sp³-hybridized carbons (Fsp3) is 0.174. The summed E-state index contributed by atoms with van der Waals surface area (Å²) >= 11 is 1.33. The van der Waals surface area contributed by atoms with E-state index < -0.39 is 0 Å². The summed E-state index contributed by atoms with van der Waals surface area (Å²) in [7, 11) is 1.63. The lowest BCUT2D eigenvalue weighted by Crippen LogP contribution is -2.12. The molecular weight excluding hydrogens is 414 g/mol. The zero-order valence-corrected chi connectivity index (χ0v) is 18.2. The average Bonchev–Trinajstić information content (AvgIpc) is 3.34. The normalized spacial score (nSPS) is 10.8. The first-order valence-corrected chi connectivity index (χ1v) is 10.5. The van der Waals surface area contributed by atoms with E-state index in [-0.39, 0.29) is 11.9 Å². The molecule has 1 amide bonds. The van der Waals surface area contributed by atoms with Gasteiger partial charge in [-0.2, -0.15) is 0 Å². The summed E-state index contributed by atoms with van der Waals surface area (Å²) in [6.45, 7) is 3.96. The molecule has 4 rings (SSSR count). The number of aromatic nitrogens is 2. The number of carbonyl (C=O) groups is 2. The number of hydrogen-bond acceptors (Lipinski definition) is 6. The molecule has 0 unspecified atom stereocenters. The first kappa shape index (κ1) is 20.6. The maximum Gasteiger partial charge on any atom is 0.338 e. The Morgan fingerprint density at radius 1 is 1.10 bits per heavy atom. The Hall–Kier alpha value is -3.65. The van der Waals surface area contributed by atoms with Gasteiger partial charge in [0.15, 0.2) is 4.96 Å². The van der Waals surface area contributed by atoms with E-state index in [9.17, 15) is 9.59 Å². The van der Waals surface area contributed by atoms with Gasteiger partial charge in [-0.3, -0.25) is 9.20 Å². The number of carbonyl (C=O) groups excluding carboxylic acids is 2. The number of thiazole rings is 1. The van der Waals surface area contributed by atoms with Gasteiger partial charge in [0, 0.05) is 23.1 Å². The highest BCUT2D eigenvalue weighted by Gasteiger charge is 2.18. The average molecular weight is 436 g/mol. The molecule has 0 spiro atoms. The van der Waals surface area contributed by atoms with Crippen molar-refractivity contribution in [3.8, 4) is 17.0 Å². The SMILES string of the molecule is CCOC(=O)c1ccc(NC(=O)c2sc3nc(-c4ccc(OC)cc4)cn3c2C)cc1. The molecule has 8 heteroatoms. The molecule has 0 aliphatic heterocycles. The van der Waals surface area contributed by atoms with E-state index >= 15 is 0 Å². The number of methoxy groups -OCH3 is 1. The molecule has 0 saturated heterocycles. The second-order valence-electron chi connectivity index (χ2n) is 6.78. The molecule has 0 aliphatic rings. The monoisotopic (exact) mass is 435 g/mol. The summed E-state index contributed by atoms with van der Waals surface area (Å²) in [5, 5.41) is 2.87. The highest BCUT2D eigenvalue weighted by Crippen LogP contribution is 2.28. The number of esters is 1. The maximum atomic E-state index is 12.8. The second kappa shape index (κ2) is 8.61. The van der Waals surface area contributed by atoms with Crippen molar-refractivity contribution in [2.45, 2.75) is 13.8 Å². The van der Waals surface area contributed by atoms with E-state index in [0.717, 1.165) is 27.7 Å². The summed E-state index contributed by atoms with van der Waals surface area (Å²) in [6.07, 6.45) is 1.92. The van der Waals surface area contributed by atoms with Crippen LogP contribution in [0.2, 0.25) is 0 Å². The highest BCUT2D eigenvalue weighted by molar-refractivity contribution is 7.19. The van der Waals surface area contributed by atoms with Gasteiger partial charge in [0.25, 0.3) is 5.91 Å². The third-order valence-corrected chi connectivity index (χ3v) is 5.96. The number of aryl methyl sites for hydroxylation is 1. The van der Waals surface area contributed by atoms with E-state index in [1.54, 1.807) is 38.3 Å². The fourth-order valence-corrected chi connectivity index (χ4v) is 4.16. The van der Waals surface area contributed by atoms with Crippen molar-refractivity contribution in [3.05, 3.63) is 70.9 Å². The fourth-order valence-electron chi connectivity index (χ4n) is 3.15. The summed E-state index contributed by atoms with van der Waals surface area (Å²) in [5.41, 5.74) is 3.66. The number of rotatable bonds is 6. The van der Waals surface area contributed by atoms with Crippen LogP contribution in [-0.2, 0) is 4.74 Å². The van der Waals surface area contributed by atoms with E-state index in [1.165, 1.54) is 11.3 Å². The van der Waals surface area contributed by atoms with Gasteiger partial charge in [-0.15, -0.1) is 0 Å². The number of benzene rings is 2. The summed E-state index contributed by atoms with van der Waals surface area (Å²) < 4.78 is 12.1. The quantitative estimate of drug-likeness (QED) is 0.440. The minimum absolute atomic E-state index is 0.220. The Kier molecular flexibility index (Phi) is 5.73. The van der Waals surface area contributed by atoms with Gasteiger partial charge >= 0.3 is 5.97 Å². The second-order valence-corrected chi connectivity index (χ2v) is 7.75. The van der Waals surface area contributed by atoms with Crippen molar-refractivity contribution < 1.29 is 19.1 Å². The van der Waals surface area contributed by atoms with Crippen LogP contribution in [0.5, 0.6) is 5.75 Å². The van der Waals surface area contributed by atoms with Gasteiger partial charge < -0.3 is 14.8 Å². The molecule has 2 heterocycles. The number of amides is 1. The molecule has 0 bridgehead atoms. The van der Waals surface area contributed by atoms with Gasteiger partial charge in [-0.1, -0.05) is 11.3 Å². The van der Waals surface area contributed by atoms with Crippen LogP contribution in [0.1, 0.15) is 32.6 Å². The molecule has 31 heavy (non-hydrogen) atoms. The van der Waals surface area contributed by atoms with Crippen molar-refractivity contribution in [3.63, 3.8) is 0 Å².